The molecule has 2 rings (SSSR count). The zero-order valence-electron chi connectivity index (χ0n) is 11.8. The lowest BCUT2D eigenvalue weighted by molar-refractivity contribution is -0.137. The van der Waals surface area contributed by atoms with E-state index in [0.29, 0.717) is 19.6 Å². The molecule has 0 saturated carbocycles. The van der Waals surface area contributed by atoms with Crippen molar-refractivity contribution in [1.82, 2.24) is 0 Å². The number of carbonyl (C=O) groups excluding carboxylic acids is 1. The van der Waals surface area contributed by atoms with Gasteiger partial charge in [-0.2, -0.15) is 0 Å². The Bertz CT molecular complexity index is 590. The number of esters is 1. The van der Waals surface area contributed by atoms with Crippen LogP contribution in [0.15, 0.2) is 67.3 Å². The highest BCUT2D eigenvalue weighted by Crippen LogP contribution is 2.23. The Hall–Kier alpha value is -2.55. The number of rotatable bonds is 7. The fourth-order valence-corrected chi connectivity index (χ4v) is 1.88. The zero-order valence-corrected chi connectivity index (χ0v) is 11.8. The van der Waals surface area contributed by atoms with Crippen molar-refractivity contribution >= 4 is 5.97 Å². The van der Waals surface area contributed by atoms with Crippen molar-refractivity contribution in [3.63, 3.8) is 0 Å². The topological polar surface area (TPSA) is 35.5 Å². The van der Waals surface area contributed by atoms with Gasteiger partial charge in [0.25, 0.3) is 0 Å². The van der Waals surface area contributed by atoms with Gasteiger partial charge in [-0.25, -0.2) is 4.79 Å². The molecule has 21 heavy (non-hydrogen) atoms. The van der Waals surface area contributed by atoms with Gasteiger partial charge in [0.15, 0.2) is 0 Å². The van der Waals surface area contributed by atoms with Crippen LogP contribution >= 0.6 is 0 Å². The molecule has 0 N–H and O–H groups in total. The predicted molar refractivity (Wildman–Crippen MR) is 83.1 cm³/mol. The minimum absolute atomic E-state index is 0.337. The SMILES string of the molecule is C=CC(=O)OCCCOc1cccc(-c2ccccc2)c1. The summed E-state index contributed by atoms with van der Waals surface area (Å²) in [6.07, 6.45) is 1.80. The van der Waals surface area contributed by atoms with Gasteiger partial charge in [-0.1, -0.05) is 49.0 Å². The van der Waals surface area contributed by atoms with Crippen LogP contribution in [0.5, 0.6) is 5.75 Å². The molecule has 0 amide bonds. The molecule has 0 heterocycles. The third-order valence-corrected chi connectivity index (χ3v) is 2.91. The van der Waals surface area contributed by atoms with Gasteiger partial charge in [0, 0.05) is 12.5 Å². The molecule has 0 aliphatic rings. The largest absolute Gasteiger partial charge is 0.493 e. The summed E-state index contributed by atoms with van der Waals surface area (Å²) in [6.45, 7) is 4.18. The van der Waals surface area contributed by atoms with Crippen LogP contribution in [0.4, 0.5) is 0 Å². The molecule has 0 saturated heterocycles. The van der Waals surface area contributed by atoms with E-state index < -0.39 is 5.97 Å². The van der Waals surface area contributed by atoms with Gasteiger partial charge in [-0.3, -0.25) is 0 Å². The fraction of sp³-hybridized carbons (Fsp3) is 0.167. The van der Waals surface area contributed by atoms with Crippen molar-refractivity contribution in [3.05, 3.63) is 67.3 Å². The average Bonchev–Trinajstić information content (AvgIpc) is 2.55. The standard InChI is InChI=1S/C18H18O3/c1-2-18(19)21-13-7-12-20-17-11-6-10-16(14-17)15-8-4-3-5-9-15/h2-6,8-11,14H,1,7,12-13H2. The monoisotopic (exact) mass is 282 g/mol. The van der Waals surface area contributed by atoms with Crippen LogP contribution in [0.3, 0.4) is 0 Å². The molecule has 0 aliphatic heterocycles. The maximum atomic E-state index is 10.9. The van der Waals surface area contributed by atoms with Gasteiger partial charge < -0.3 is 9.47 Å². The Balaban J connectivity index is 1.84. The van der Waals surface area contributed by atoms with Gasteiger partial charge in [0.2, 0.25) is 0 Å². The van der Waals surface area contributed by atoms with Gasteiger partial charge in [0.1, 0.15) is 5.75 Å². The molecule has 0 atom stereocenters. The van der Waals surface area contributed by atoms with Crippen LogP contribution in [0.1, 0.15) is 6.42 Å². The zero-order chi connectivity index (χ0) is 14.9. The van der Waals surface area contributed by atoms with Crippen LogP contribution in [0.25, 0.3) is 11.1 Å². The second-order valence-electron chi connectivity index (χ2n) is 4.47. The summed E-state index contributed by atoms with van der Waals surface area (Å²) in [4.78, 5) is 10.9. The van der Waals surface area contributed by atoms with Crippen molar-refractivity contribution in [3.8, 4) is 16.9 Å². The van der Waals surface area contributed by atoms with E-state index in [1.54, 1.807) is 0 Å². The fourth-order valence-electron chi connectivity index (χ4n) is 1.88. The number of hydrogen-bond donors (Lipinski definition) is 0. The Morgan fingerprint density at radius 2 is 1.76 bits per heavy atom. The van der Waals surface area contributed by atoms with E-state index in [0.717, 1.165) is 23.0 Å². The first-order valence-electron chi connectivity index (χ1n) is 6.87. The van der Waals surface area contributed by atoms with Gasteiger partial charge in [0.05, 0.1) is 13.2 Å². The smallest absolute Gasteiger partial charge is 0.330 e. The first-order chi connectivity index (χ1) is 10.3. The molecule has 0 aliphatic carbocycles. The van der Waals surface area contributed by atoms with Crippen LogP contribution in [-0.4, -0.2) is 19.2 Å². The second-order valence-corrected chi connectivity index (χ2v) is 4.47. The Kier molecular flexibility index (Phi) is 5.59. The molecule has 0 unspecified atom stereocenters. The van der Waals surface area contributed by atoms with Gasteiger partial charge in [-0.15, -0.1) is 0 Å². The molecular weight excluding hydrogens is 264 g/mol. The summed E-state index contributed by atoms with van der Waals surface area (Å²) < 4.78 is 10.6. The lowest BCUT2D eigenvalue weighted by atomic mass is 10.1. The van der Waals surface area contributed by atoms with Gasteiger partial charge >= 0.3 is 5.97 Å². The van der Waals surface area contributed by atoms with Crippen molar-refractivity contribution in [2.24, 2.45) is 0 Å². The molecule has 0 fully saturated rings. The summed E-state index contributed by atoms with van der Waals surface area (Å²) >= 11 is 0. The number of benzene rings is 2. The molecule has 0 radical (unpaired) electrons. The molecule has 3 nitrogen and oxygen atoms in total. The lowest BCUT2D eigenvalue weighted by Crippen LogP contribution is -2.06. The van der Waals surface area contributed by atoms with Crippen LogP contribution in [-0.2, 0) is 9.53 Å². The summed E-state index contributed by atoms with van der Waals surface area (Å²) in [7, 11) is 0. The maximum Gasteiger partial charge on any atom is 0.330 e. The highest BCUT2D eigenvalue weighted by Gasteiger charge is 2.00. The quantitative estimate of drug-likeness (QED) is 0.439. The third-order valence-electron chi connectivity index (χ3n) is 2.91. The highest BCUT2D eigenvalue weighted by atomic mass is 16.5. The van der Waals surface area contributed by atoms with Crippen molar-refractivity contribution in [2.75, 3.05) is 13.2 Å². The second kappa shape index (κ2) is 7.90. The number of carbonyl (C=O) groups is 1. The summed E-state index contributed by atoms with van der Waals surface area (Å²) in [6, 6.07) is 18.1. The minimum atomic E-state index is -0.402. The molecular formula is C18H18O3. The number of ether oxygens (including phenoxy) is 2. The van der Waals surface area contributed by atoms with Gasteiger partial charge in [-0.05, 0) is 23.3 Å². The summed E-state index contributed by atoms with van der Waals surface area (Å²) in [5, 5.41) is 0. The molecule has 0 spiro atoms. The van der Waals surface area contributed by atoms with Crippen molar-refractivity contribution < 1.29 is 14.3 Å². The summed E-state index contributed by atoms with van der Waals surface area (Å²) in [5.41, 5.74) is 2.27. The third kappa shape index (κ3) is 4.80. The van der Waals surface area contributed by atoms with E-state index in [9.17, 15) is 4.79 Å². The van der Waals surface area contributed by atoms with E-state index in [1.165, 1.54) is 0 Å². The van der Waals surface area contributed by atoms with Crippen LogP contribution in [0, 0.1) is 0 Å². The molecule has 2 aromatic carbocycles. The van der Waals surface area contributed by atoms with Crippen LogP contribution < -0.4 is 4.74 Å². The molecule has 3 heteroatoms. The predicted octanol–water partition coefficient (Wildman–Crippen LogP) is 3.85. The Morgan fingerprint density at radius 1 is 1.00 bits per heavy atom. The van der Waals surface area contributed by atoms with E-state index in [-0.39, 0.29) is 0 Å². The van der Waals surface area contributed by atoms with E-state index in [2.05, 4.69) is 18.7 Å². The molecule has 0 aromatic heterocycles. The first kappa shape index (κ1) is 14.9. The number of hydrogen-bond acceptors (Lipinski definition) is 3. The highest BCUT2D eigenvalue weighted by molar-refractivity contribution is 5.81. The first-order valence-corrected chi connectivity index (χ1v) is 6.87. The van der Waals surface area contributed by atoms with Crippen molar-refractivity contribution in [1.29, 1.82) is 0 Å². The Morgan fingerprint density at radius 3 is 2.52 bits per heavy atom. The van der Waals surface area contributed by atoms with E-state index >= 15 is 0 Å². The minimum Gasteiger partial charge on any atom is -0.493 e. The normalized spacial score (nSPS) is 9.90. The molecule has 2 aromatic rings. The van der Waals surface area contributed by atoms with Crippen LogP contribution in [0.2, 0.25) is 0 Å². The van der Waals surface area contributed by atoms with E-state index in [1.807, 2.05) is 42.5 Å². The summed E-state index contributed by atoms with van der Waals surface area (Å²) in [5.74, 6) is 0.410. The lowest BCUT2D eigenvalue weighted by Gasteiger charge is -2.08. The van der Waals surface area contributed by atoms with Crippen molar-refractivity contribution in [2.45, 2.75) is 6.42 Å². The average molecular weight is 282 g/mol. The molecule has 0 bridgehead atoms. The molecule has 108 valence electrons. The van der Waals surface area contributed by atoms with E-state index in [4.69, 9.17) is 9.47 Å². The maximum absolute atomic E-state index is 10.9. The Labute approximate surface area is 124 Å².